The molecule has 0 bridgehead atoms. The molecule has 0 N–H and O–H groups in total. The van der Waals surface area contributed by atoms with Crippen LogP contribution in [0.25, 0.3) is 17.0 Å². The fourth-order valence-electron chi connectivity index (χ4n) is 4.20. The molecule has 0 unspecified atom stereocenters. The second-order valence-electron chi connectivity index (χ2n) is 8.13. The van der Waals surface area contributed by atoms with Crippen LogP contribution in [0.2, 0.25) is 0 Å². The number of hydrogen-bond donors (Lipinski definition) is 0. The maximum Gasteiger partial charge on any atom is 0.270 e. The standard InChI is InChI=1S/C27H21FN2OS2/c1-17-11-12-23(18(2)13-17)30-26(31)25(33-27(30)32)14-20-16-29(24-10-6-4-8-21(20)24)15-19-7-3-5-9-22(19)28/h3-14,16H,15H2,1-2H3/b25-14+. The molecule has 1 saturated heterocycles. The third kappa shape index (κ3) is 4.01. The second-order valence-corrected chi connectivity index (χ2v) is 9.80. The molecule has 3 aromatic carbocycles. The summed E-state index contributed by atoms with van der Waals surface area (Å²) in [6.07, 6.45) is 3.86. The Morgan fingerprint density at radius 3 is 2.58 bits per heavy atom. The van der Waals surface area contributed by atoms with E-state index in [1.165, 1.54) is 17.8 Å². The highest BCUT2D eigenvalue weighted by molar-refractivity contribution is 8.27. The van der Waals surface area contributed by atoms with Gasteiger partial charge in [-0.1, -0.05) is 78.1 Å². The summed E-state index contributed by atoms with van der Waals surface area (Å²) in [5.41, 5.74) is 5.47. The normalized spacial score (nSPS) is 15.2. The molecule has 0 atom stereocenters. The van der Waals surface area contributed by atoms with Crippen molar-refractivity contribution in [1.29, 1.82) is 0 Å². The van der Waals surface area contributed by atoms with Gasteiger partial charge in [-0.2, -0.15) is 0 Å². The van der Waals surface area contributed by atoms with Gasteiger partial charge in [-0.05, 0) is 43.7 Å². The number of anilines is 1. The first kappa shape index (κ1) is 21.6. The molecule has 1 aliphatic rings. The Morgan fingerprint density at radius 1 is 1.03 bits per heavy atom. The Bertz CT molecular complexity index is 1450. The van der Waals surface area contributed by atoms with E-state index in [4.69, 9.17) is 12.2 Å². The highest BCUT2D eigenvalue weighted by Crippen LogP contribution is 2.38. The Morgan fingerprint density at radius 2 is 1.79 bits per heavy atom. The van der Waals surface area contributed by atoms with Crippen molar-refractivity contribution in [3.63, 3.8) is 0 Å². The van der Waals surface area contributed by atoms with Crippen molar-refractivity contribution >= 4 is 56.9 Å². The predicted octanol–water partition coefficient (Wildman–Crippen LogP) is 6.85. The van der Waals surface area contributed by atoms with Gasteiger partial charge >= 0.3 is 0 Å². The number of aryl methyl sites for hydroxylation is 2. The number of nitrogens with zero attached hydrogens (tertiary/aromatic N) is 2. The summed E-state index contributed by atoms with van der Waals surface area (Å²) in [6, 6.07) is 20.7. The van der Waals surface area contributed by atoms with Gasteiger partial charge < -0.3 is 4.57 Å². The number of halogens is 1. The molecule has 1 fully saturated rings. The first-order valence-electron chi connectivity index (χ1n) is 10.6. The Hall–Kier alpha value is -3.22. The van der Waals surface area contributed by atoms with Gasteiger partial charge in [0.1, 0.15) is 5.82 Å². The summed E-state index contributed by atoms with van der Waals surface area (Å²) in [5, 5.41) is 1.01. The van der Waals surface area contributed by atoms with Crippen molar-refractivity contribution in [2.24, 2.45) is 0 Å². The lowest BCUT2D eigenvalue weighted by molar-refractivity contribution is -0.113. The number of hydrogen-bond acceptors (Lipinski definition) is 3. The van der Waals surface area contributed by atoms with Crippen LogP contribution in [0.3, 0.4) is 0 Å². The minimum absolute atomic E-state index is 0.122. The van der Waals surface area contributed by atoms with Crippen molar-refractivity contribution in [2.45, 2.75) is 20.4 Å². The number of rotatable bonds is 4. The predicted molar refractivity (Wildman–Crippen MR) is 139 cm³/mol. The van der Waals surface area contributed by atoms with Crippen molar-refractivity contribution < 1.29 is 9.18 Å². The van der Waals surface area contributed by atoms with Gasteiger partial charge in [0, 0.05) is 28.2 Å². The summed E-state index contributed by atoms with van der Waals surface area (Å²) in [6.45, 7) is 4.42. The maximum absolute atomic E-state index is 14.3. The van der Waals surface area contributed by atoms with Gasteiger partial charge in [0.25, 0.3) is 5.91 Å². The van der Waals surface area contributed by atoms with E-state index >= 15 is 0 Å². The molecule has 1 aromatic heterocycles. The van der Waals surface area contributed by atoms with Crippen LogP contribution in [0.5, 0.6) is 0 Å². The van der Waals surface area contributed by atoms with Crippen LogP contribution in [0.1, 0.15) is 22.3 Å². The maximum atomic E-state index is 14.3. The van der Waals surface area contributed by atoms with E-state index in [-0.39, 0.29) is 11.7 Å². The van der Waals surface area contributed by atoms with E-state index < -0.39 is 0 Å². The zero-order valence-corrected chi connectivity index (χ0v) is 19.8. The first-order chi connectivity index (χ1) is 15.9. The molecule has 5 rings (SSSR count). The number of fused-ring (bicyclic) bond motifs is 1. The number of benzene rings is 3. The largest absolute Gasteiger partial charge is 0.342 e. The summed E-state index contributed by atoms with van der Waals surface area (Å²) >= 11 is 6.88. The topological polar surface area (TPSA) is 25.2 Å². The fraction of sp³-hybridized carbons (Fsp3) is 0.111. The van der Waals surface area contributed by atoms with Crippen LogP contribution in [-0.2, 0) is 11.3 Å². The lowest BCUT2D eigenvalue weighted by atomic mass is 10.1. The molecule has 0 saturated carbocycles. The highest BCUT2D eigenvalue weighted by atomic mass is 32.2. The Labute approximate surface area is 201 Å². The molecule has 0 spiro atoms. The number of aromatic nitrogens is 1. The monoisotopic (exact) mass is 472 g/mol. The van der Waals surface area contributed by atoms with Gasteiger partial charge in [0.15, 0.2) is 4.32 Å². The zero-order valence-electron chi connectivity index (χ0n) is 18.2. The minimum Gasteiger partial charge on any atom is -0.342 e. The molecule has 3 nitrogen and oxygen atoms in total. The van der Waals surface area contributed by atoms with Crippen molar-refractivity contribution in [3.05, 3.63) is 106 Å². The minimum atomic E-state index is -0.230. The van der Waals surface area contributed by atoms with Crippen LogP contribution in [-0.4, -0.2) is 14.8 Å². The van der Waals surface area contributed by atoms with Crippen molar-refractivity contribution in [1.82, 2.24) is 4.57 Å². The number of para-hydroxylation sites is 1. The SMILES string of the molecule is Cc1ccc(N2C(=O)/C(=C\c3cn(Cc4ccccc4F)c4ccccc34)SC2=S)c(C)c1. The molecular formula is C27H21FN2OS2. The van der Waals surface area contributed by atoms with Crippen LogP contribution in [0.4, 0.5) is 10.1 Å². The van der Waals surface area contributed by atoms with Gasteiger partial charge in [-0.15, -0.1) is 0 Å². The fourth-order valence-corrected chi connectivity index (χ4v) is 5.48. The third-order valence-electron chi connectivity index (χ3n) is 5.79. The van der Waals surface area contributed by atoms with Gasteiger partial charge in [-0.25, -0.2) is 4.39 Å². The molecule has 2 heterocycles. The van der Waals surface area contributed by atoms with Gasteiger partial charge in [0.05, 0.1) is 17.1 Å². The quantitative estimate of drug-likeness (QED) is 0.240. The van der Waals surface area contributed by atoms with Gasteiger partial charge in [-0.3, -0.25) is 9.69 Å². The summed E-state index contributed by atoms with van der Waals surface area (Å²) < 4.78 is 16.8. The summed E-state index contributed by atoms with van der Waals surface area (Å²) in [7, 11) is 0. The molecule has 164 valence electrons. The third-order valence-corrected chi connectivity index (χ3v) is 7.09. The molecule has 0 aliphatic carbocycles. The number of carbonyl (C=O) groups excluding carboxylic acids is 1. The zero-order chi connectivity index (χ0) is 23.1. The first-order valence-corrected chi connectivity index (χ1v) is 11.8. The Balaban J connectivity index is 1.54. The lowest BCUT2D eigenvalue weighted by Gasteiger charge is -2.17. The average Bonchev–Trinajstić information content (AvgIpc) is 3.27. The van der Waals surface area contributed by atoms with Gasteiger partial charge in [0.2, 0.25) is 0 Å². The summed E-state index contributed by atoms with van der Waals surface area (Å²) in [4.78, 5) is 15.5. The molecule has 1 aliphatic heterocycles. The van der Waals surface area contributed by atoms with E-state index in [2.05, 4.69) is 0 Å². The molecule has 0 radical (unpaired) electrons. The van der Waals surface area contributed by atoms with E-state index in [0.29, 0.717) is 21.3 Å². The van der Waals surface area contributed by atoms with E-state index in [1.807, 2.05) is 79.2 Å². The number of carbonyl (C=O) groups is 1. The molecular weight excluding hydrogens is 451 g/mol. The number of amides is 1. The molecule has 4 aromatic rings. The number of thiocarbonyl (C=S) groups is 1. The van der Waals surface area contributed by atoms with E-state index in [9.17, 15) is 9.18 Å². The molecule has 6 heteroatoms. The van der Waals surface area contributed by atoms with Crippen molar-refractivity contribution in [3.8, 4) is 0 Å². The second kappa shape index (κ2) is 8.61. The smallest absolute Gasteiger partial charge is 0.270 e. The van der Waals surface area contributed by atoms with Crippen LogP contribution in [0, 0.1) is 19.7 Å². The highest BCUT2D eigenvalue weighted by Gasteiger charge is 2.34. The van der Waals surface area contributed by atoms with Crippen molar-refractivity contribution in [2.75, 3.05) is 4.90 Å². The molecule has 1 amide bonds. The Kier molecular flexibility index (Phi) is 5.64. The van der Waals surface area contributed by atoms with Crippen LogP contribution in [0.15, 0.2) is 77.8 Å². The number of thioether (sulfide) groups is 1. The van der Waals surface area contributed by atoms with E-state index in [0.717, 1.165) is 33.3 Å². The molecule has 33 heavy (non-hydrogen) atoms. The summed E-state index contributed by atoms with van der Waals surface area (Å²) in [5.74, 6) is -0.353. The van der Waals surface area contributed by atoms with Crippen LogP contribution < -0.4 is 4.90 Å². The average molecular weight is 473 g/mol. The van der Waals surface area contributed by atoms with E-state index in [1.54, 1.807) is 17.0 Å². The lowest BCUT2D eigenvalue weighted by Crippen LogP contribution is -2.28. The van der Waals surface area contributed by atoms with Crippen LogP contribution >= 0.6 is 24.0 Å².